The first-order valence-electron chi connectivity index (χ1n) is 9.37. The van der Waals surface area contributed by atoms with Crippen molar-refractivity contribution in [2.75, 3.05) is 38.0 Å². The van der Waals surface area contributed by atoms with E-state index < -0.39 is 0 Å². The Balaban J connectivity index is 1.48. The molecule has 1 aromatic carbocycles. The Morgan fingerprint density at radius 2 is 1.85 bits per heavy atom. The van der Waals surface area contributed by atoms with Gasteiger partial charge in [-0.2, -0.15) is 0 Å². The van der Waals surface area contributed by atoms with Crippen molar-refractivity contribution in [3.05, 3.63) is 54.0 Å². The van der Waals surface area contributed by atoms with Crippen LogP contribution in [0, 0.1) is 0 Å². The standard InChI is InChI=1S/C20H27N5O/c1-2-3-9-21-19-15-22-18(14-23-19)20(26)25-12-10-24(11-13-25)16-17-7-5-4-6-8-17/h4-8,14-15H,2-3,9-13,16H2,1H3,(H,21,23). The quantitative estimate of drug-likeness (QED) is 0.776. The second-order valence-electron chi connectivity index (χ2n) is 6.62. The highest BCUT2D eigenvalue weighted by atomic mass is 16.2. The van der Waals surface area contributed by atoms with E-state index in [1.54, 1.807) is 12.4 Å². The minimum Gasteiger partial charge on any atom is -0.369 e. The van der Waals surface area contributed by atoms with Gasteiger partial charge in [-0.3, -0.25) is 9.69 Å². The number of nitrogens with zero attached hydrogens (tertiary/aromatic N) is 4. The van der Waals surface area contributed by atoms with Gasteiger partial charge in [-0.15, -0.1) is 0 Å². The number of nitrogens with one attached hydrogen (secondary N) is 1. The van der Waals surface area contributed by atoms with E-state index in [9.17, 15) is 4.79 Å². The highest BCUT2D eigenvalue weighted by molar-refractivity contribution is 5.92. The van der Waals surface area contributed by atoms with Crippen LogP contribution in [0.4, 0.5) is 5.82 Å². The molecule has 1 aromatic heterocycles. The summed E-state index contributed by atoms with van der Waals surface area (Å²) in [5.74, 6) is 0.694. The Morgan fingerprint density at radius 3 is 2.50 bits per heavy atom. The summed E-state index contributed by atoms with van der Waals surface area (Å²) in [6, 6.07) is 10.4. The number of benzene rings is 1. The SMILES string of the molecule is CCCCNc1cnc(C(=O)N2CCN(Cc3ccccc3)CC2)cn1. The summed E-state index contributed by atoms with van der Waals surface area (Å²) in [6.07, 6.45) is 5.45. The number of anilines is 1. The molecule has 2 heterocycles. The van der Waals surface area contributed by atoms with Crippen molar-refractivity contribution in [2.45, 2.75) is 26.3 Å². The van der Waals surface area contributed by atoms with Crippen LogP contribution in [0.2, 0.25) is 0 Å². The van der Waals surface area contributed by atoms with Crippen molar-refractivity contribution in [3.63, 3.8) is 0 Å². The first-order chi connectivity index (χ1) is 12.8. The number of aromatic nitrogens is 2. The lowest BCUT2D eigenvalue weighted by Gasteiger charge is -2.34. The molecular weight excluding hydrogens is 326 g/mol. The van der Waals surface area contributed by atoms with E-state index in [4.69, 9.17) is 0 Å². The van der Waals surface area contributed by atoms with Crippen LogP contribution in [-0.4, -0.2) is 58.4 Å². The van der Waals surface area contributed by atoms with Gasteiger partial charge in [-0.05, 0) is 12.0 Å². The normalized spacial score (nSPS) is 15.0. The Labute approximate surface area is 155 Å². The van der Waals surface area contributed by atoms with Gasteiger partial charge in [-0.1, -0.05) is 43.7 Å². The summed E-state index contributed by atoms with van der Waals surface area (Å²) in [4.78, 5) is 25.5. The summed E-state index contributed by atoms with van der Waals surface area (Å²) < 4.78 is 0. The molecule has 1 aliphatic heterocycles. The van der Waals surface area contributed by atoms with E-state index in [0.29, 0.717) is 5.69 Å². The number of piperazine rings is 1. The van der Waals surface area contributed by atoms with Crippen molar-refractivity contribution in [1.29, 1.82) is 0 Å². The zero-order chi connectivity index (χ0) is 18.2. The molecule has 0 atom stereocenters. The number of amides is 1. The zero-order valence-electron chi connectivity index (χ0n) is 15.4. The number of carbonyl (C=O) groups excluding carboxylic acids is 1. The molecule has 6 nitrogen and oxygen atoms in total. The number of unbranched alkanes of at least 4 members (excludes halogenated alkanes) is 1. The van der Waals surface area contributed by atoms with Crippen molar-refractivity contribution < 1.29 is 4.79 Å². The monoisotopic (exact) mass is 353 g/mol. The molecule has 0 radical (unpaired) electrons. The molecule has 1 saturated heterocycles. The molecule has 1 fully saturated rings. The fourth-order valence-electron chi connectivity index (χ4n) is 3.04. The molecule has 26 heavy (non-hydrogen) atoms. The van der Waals surface area contributed by atoms with Gasteiger partial charge in [0, 0.05) is 39.3 Å². The minimum absolute atomic E-state index is 0.0306. The van der Waals surface area contributed by atoms with Crippen LogP contribution >= 0.6 is 0 Å². The second-order valence-corrected chi connectivity index (χ2v) is 6.62. The lowest BCUT2D eigenvalue weighted by atomic mass is 10.2. The van der Waals surface area contributed by atoms with Crippen LogP contribution in [0.15, 0.2) is 42.7 Å². The van der Waals surface area contributed by atoms with Crippen molar-refractivity contribution in [3.8, 4) is 0 Å². The lowest BCUT2D eigenvalue weighted by Crippen LogP contribution is -2.48. The van der Waals surface area contributed by atoms with E-state index in [2.05, 4.69) is 51.4 Å². The Hall–Kier alpha value is -2.47. The molecule has 0 bridgehead atoms. The third kappa shape index (κ3) is 5.02. The maximum Gasteiger partial charge on any atom is 0.274 e. The molecule has 2 aromatic rings. The first-order valence-corrected chi connectivity index (χ1v) is 9.37. The molecule has 6 heteroatoms. The van der Waals surface area contributed by atoms with E-state index in [1.165, 1.54) is 5.56 Å². The van der Waals surface area contributed by atoms with Crippen LogP contribution in [0.5, 0.6) is 0 Å². The van der Waals surface area contributed by atoms with Crippen LogP contribution in [0.3, 0.4) is 0 Å². The summed E-state index contributed by atoms with van der Waals surface area (Å²) in [5.41, 5.74) is 1.73. The summed E-state index contributed by atoms with van der Waals surface area (Å²) in [6.45, 7) is 7.17. The average molecular weight is 353 g/mol. The molecular formula is C20H27N5O. The van der Waals surface area contributed by atoms with Gasteiger partial charge >= 0.3 is 0 Å². The Morgan fingerprint density at radius 1 is 1.08 bits per heavy atom. The molecule has 1 aliphatic rings. The number of hydrogen-bond donors (Lipinski definition) is 1. The minimum atomic E-state index is -0.0306. The smallest absolute Gasteiger partial charge is 0.274 e. The highest BCUT2D eigenvalue weighted by Crippen LogP contribution is 2.11. The molecule has 0 spiro atoms. The molecule has 0 saturated carbocycles. The number of carbonyl (C=O) groups is 1. The van der Waals surface area contributed by atoms with Crippen molar-refractivity contribution in [1.82, 2.24) is 19.8 Å². The maximum absolute atomic E-state index is 12.6. The second kappa shape index (κ2) is 9.29. The highest BCUT2D eigenvalue weighted by Gasteiger charge is 2.23. The number of rotatable bonds is 7. The molecule has 0 aliphatic carbocycles. The van der Waals surface area contributed by atoms with E-state index in [-0.39, 0.29) is 5.91 Å². The van der Waals surface area contributed by atoms with Gasteiger partial charge in [0.25, 0.3) is 5.91 Å². The fourth-order valence-corrected chi connectivity index (χ4v) is 3.04. The van der Waals surface area contributed by atoms with Gasteiger partial charge in [0.05, 0.1) is 12.4 Å². The van der Waals surface area contributed by atoms with Gasteiger partial charge in [-0.25, -0.2) is 9.97 Å². The summed E-state index contributed by atoms with van der Waals surface area (Å²) in [5, 5.41) is 3.22. The van der Waals surface area contributed by atoms with E-state index in [0.717, 1.165) is 57.9 Å². The summed E-state index contributed by atoms with van der Waals surface area (Å²) >= 11 is 0. The fraction of sp³-hybridized carbons (Fsp3) is 0.450. The molecule has 0 unspecified atom stereocenters. The summed E-state index contributed by atoms with van der Waals surface area (Å²) in [7, 11) is 0. The molecule has 138 valence electrons. The Kier molecular flexibility index (Phi) is 6.55. The van der Waals surface area contributed by atoms with Crippen molar-refractivity contribution >= 4 is 11.7 Å². The third-order valence-electron chi connectivity index (χ3n) is 4.62. The van der Waals surface area contributed by atoms with Crippen LogP contribution in [-0.2, 0) is 6.54 Å². The van der Waals surface area contributed by atoms with Crippen molar-refractivity contribution in [2.24, 2.45) is 0 Å². The van der Waals surface area contributed by atoms with E-state index >= 15 is 0 Å². The van der Waals surface area contributed by atoms with Gasteiger partial charge in [0.15, 0.2) is 0 Å². The molecule has 1 N–H and O–H groups in total. The average Bonchev–Trinajstić information content (AvgIpc) is 2.70. The van der Waals surface area contributed by atoms with Gasteiger partial charge in [0.2, 0.25) is 0 Å². The van der Waals surface area contributed by atoms with Crippen LogP contribution in [0.1, 0.15) is 35.8 Å². The lowest BCUT2D eigenvalue weighted by molar-refractivity contribution is 0.0622. The topological polar surface area (TPSA) is 61.4 Å². The largest absolute Gasteiger partial charge is 0.369 e. The first kappa shape index (κ1) is 18.3. The third-order valence-corrected chi connectivity index (χ3v) is 4.62. The van der Waals surface area contributed by atoms with Crippen LogP contribution < -0.4 is 5.32 Å². The predicted octanol–water partition coefficient (Wildman–Crippen LogP) is 2.65. The maximum atomic E-state index is 12.6. The van der Waals surface area contributed by atoms with Crippen LogP contribution in [0.25, 0.3) is 0 Å². The predicted molar refractivity (Wildman–Crippen MR) is 103 cm³/mol. The molecule has 1 amide bonds. The molecule has 3 rings (SSSR count). The van der Waals surface area contributed by atoms with Gasteiger partial charge < -0.3 is 10.2 Å². The number of hydrogen-bond acceptors (Lipinski definition) is 5. The van der Waals surface area contributed by atoms with E-state index in [1.807, 2.05) is 11.0 Å². The zero-order valence-corrected chi connectivity index (χ0v) is 15.4. The van der Waals surface area contributed by atoms with Gasteiger partial charge in [0.1, 0.15) is 11.5 Å². The Bertz CT molecular complexity index is 681.